The van der Waals surface area contributed by atoms with Crippen LogP contribution in [0.3, 0.4) is 0 Å². The van der Waals surface area contributed by atoms with Crippen molar-refractivity contribution in [2.75, 3.05) is 162 Å². The molecular formula is C66H87N3O31S5. The van der Waals surface area contributed by atoms with Gasteiger partial charge in [-0.3, -0.25) is 37.1 Å². The number of carbonyl (C=O) groups excluding carboxylic acids is 4. The molecule has 0 radical (unpaired) electrons. The van der Waals surface area contributed by atoms with E-state index in [0.717, 1.165) is 18.2 Å². The molecule has 3 aliphatic rings. The average Bonchev–Trinajstić information content (AvgIpc) is 1.60. The maximum Gasteiger partial charge on any atom is 0.333 e. The highest BCUT2D eigenvalue weighted by Crippen LogP contribution is 2.55. The molecule has 0 saturated carbocycles. The van der Waals surface area contributed by atoms with Crippen LogP contribution in [0.2, 0.25) is 0 Å². The Morgan fingerprint density at radius 3 is 1.52 bits per heavy atom. The molecule has 0 spiro atoms. The largest absolute Gasteiger partial charge is 0.506 e. The van der Waals surface area contributed by atoms with E-state index in [9.17, 15) is 84.3 Å². The Bertz CT molecular complexity index is 4530. The summed E-state index contributed by atoms with van der Waals surface area (Å²) >= 11 is 0. The first kappa shape index (κ1) is 85.4. The number of ether oxygens (including phenoxy) is 10. The quantitative estimate of drug-likeness (QED) is 0.0131. The summed E-state index contributed by atoms with van der Waals surface area (Å²) in [4.78, 5) is 56.0. The highest BCUT2D eigenvalue weighted by Gasteiger charge is 2.48. The standard InChI is InChI=1S/C66H87N3O31S5/c1-44(65(2,15-7-37-101(75,76)77)61-49-39-45(102(78,79)80)41-55(104(84,85)86)47(49)9-11-53(61)67-17-20-93-26-28-97-33-34-99-36-35-98-32-30-95-24-22-91-5)38-51-63(73)52(64(51)74)43-57-66(3,16-19-92-25-27-96-31-29-94-23-21-90-4)62-50-40-46(103(81,82)83)42-56(105(87,88)89)48(50)10-12-54(62)68(57)18-6-8-60(72)100-69-58(70)13-14-59(69)71/h9-12,38-43,67,73H,1,6-8,13-37H2,2-5H3,(H,75,76,77)(H,78,79,80)(H,81,82,83)(H,84,85,86)(H,87,88,89)/b51-38+,57-43+. The van der Waals surface area contributed by atoms with Gasteiger partial charge >= 0.3 is 5.97 Å². The highest BCUT2D eigenvalue weighted by molar-refractivity contribution is 7.87. The minimum Gasteiger partial charge on any atom is -0.506 e. The Kier molecular flexibility index (Phi) is 30.8. The number of nitrogens with one attached hydrogen (secondary N) is 1. The number of fused-ring (bicyclic) bond motifs is 4. The number of rotatable bonds is 48. The number of hydrogen-bond acceptors (Lipinski definition) is 28. The molecule has 1 aliphatic carbocycles. The summed E-state index contributed by atoms with van der Waals surface area (Å²) in [5.74, 6) is -5.08. The molecule has 2 unspecified atom stereocenters. The van der Waals surface area contributed by atoms with Gasteiger partial charge in [-0.25, -0.2) is 4.79 Å². The molecule has 34 nitrogen and oxygen atoms in total. The maximum atomic E-state index is 15.1. The van der Waals surface area contributed by atoms with Gasteiger partial charge in [-0.2, -0.15) is 42.1 Å². The molecule has 105 heavy (non-hydrogen) atoms. The zero-order chi connectivity index (χ0) is 77.1. The first-order valence-corrected chi connectivity index (χ1v) is 40.2. The van der Waals surface area contributed by atoms with Crippen molar-refractivity contribution in [1.29, 1.82) is 0 Å². The molecule has 582 valence electrons. The number of hydrogen-bond donors (Lipinski definition) is 7. The zero-order valence-electron chi connectivity index (χ0n) is 58.1. The number of amides is 2. The number of carbonyl (C=O) groups is 4. The second kappa shape index (κ2) is 37.8. The first-order valence-electron chi connectivity index (χ1n) is 32.8. The Hall–Kier alpha value is -6.81. The fraction of sp³-hybridized carbons (Fsp3) is 0.515. The van der Waals surface area contributed by atoms with Crippen molar-refractivity contribution in [2.24, 2.45) is 0 Å². The van der Waals surface area contributed by atoms with Gasteiger partial charge in [0.1, 0.15) is 15.6 Å². The Morgan fingerprint density at radius 2 is 1.06 bits per heavy atom. The van der Waals surface area contributed by atoms with E-state index in [1.807, 2.05) is 0 Å². The van der Waals surface area contributed by atoms with Gasteiger partial charge in [0.2, 0.25) is 5.78 Å². The van der Waals surface area contributed by atoms with E-state index in [1.165, 1.54) is 44.4 Å². The van der Waals surface area contributed by atoms with Crippen LogP contribution in [-0.2, 0) is 133 Å². The third kappa shape index (κ3) is 22.9. The normalized spacial score (nSPS) is 17.4. The van der Waals surface area contributed by atoms with Gasteiger partial charge in [0, 0.05) is 91.9 Å². The van der Waals surface area contributed by atoms with E-state index in [0.29, 0.717) is 70.1 Å². The molecule has 2 heterocycles. The fourth-order valence-electron chi connectivity index (χ4n) is 12.1. The monoisotopic (exact) mass is 1580 g/mol. The molecule has 7 N–H and O–H groups in total. The van der Waals surface area contributed by atoms with E-state index in [1.54, 1.807) is 18.9 Å². The summed E-state index contributed by atoms with van der Waals surface area (Å²) in [6.45, 7) is 10.9. The van der Waals surface area contributed by atoms with Crippen LogP contribution in [0.1, 0.15) is 69.9 Å². The molecule has 4 aromatic carbocycles. The molecule has 1 fully saturated rings. The van der Waals surface area contributed by atoms with Crippen molar-refractivity contribution < 1.29 is 141 Å². The molecule has 7 rings (SSSR count). The van der Waals surface area contributed by atoms with E-state index in [4.69, 9.17) is 52.2 Å². The van der Waals surface area contributed by atoms with Crippen LogP contribution < -0.4 is 10.2 Å². The van der Waals surface area contributed by atoms with E-state index >= 15 is 4.79 Å². The summed E-state index contributed by atoms with van der Waals surface area (Å²) < 4.78 is 236. The SMILES string of the molecule is C=C(/C=C1/C(=O)C(/C=C2/N(CCCC(=O)ON3C(=O)CCC3=O)c3ccc4c(S(=O)(=O)O)cc(S(=O)(=O)O)cc4c3C2(C)CCOCCOCCOCCOC)=C1O)C(C)(CCCS(=O)(=O)O)c1c(NCCOCCOCCOCCOCCOCCOC)ccc2c(S(=O)(=O)O)cc(S(=O)(=O)O)cc12. The van der Waals surface area contributed by atoms with Gasteiger partial charge in [-0.05, 0) is 109 Å². The number of aliphatic hydroxyl groups is 1. The lowest BCUT2D eigenvalue weighted by Gasteiger charge is -2.36. The first-order chi connectivity index (χ1) is 49.5. The second-order valence-corrected chi connectivity index (χ2v) is 31.7. The number of aliphatic hydroxyl groups excluding tert-OH is 1. The van der Waals surface area contributed by atoms with Gasteiger partial charge in [0.05, 0.1) is 139 Å². The van der Waals surface area contributed by atoms with Crippen molar-refractivity contribution >= 4 is 107 Å². The van der Waals surface area contributed by atoms with E-state index in [2.05, 4.69) is 11.9 Å². The van der Waals surface area contributed by atoms with Crippen molar-refractivity contribution in [1.82, 2.24) is 5.06 Å². The number of anilines is 2. The number of benzene rings is 4. The van der Waals surface area contributed by atoms with Gasteiger partial charge in [0.25, 0.3) is 62.4 Å². The van der Waals surface area contributed by atoms with Crippen LogP contribution in [0.4, 0.5) is 11.4 Å². The van der Waals surface area contributed by atoms with Crippen molar-refractivity contribution in [3.63, 3.8) is 0 Å². The number of hydroxylamine groups is 2. The topological polar surface area (TPSA) is 480 Å². The third-order valence-corrected chi connectivity index (χ3v) is 21.5. The molecule has 39 heteroatoms. The second-order valence-electron chi connectivity index (χ2n) is 24.5. The highest BCUT2D eigenvalue weighted by atomic mass is 32.2. The van der Waals surface area contributed by atoms with Crippen LogP contribution in [0, 0.1) is 0 Å². The number of allylic oxidation sites excluding steroid dienone is 6. The van der Waals surface area contributed by atoms with Crippen molar-refractivity contribution in [3.8, 4) is 0 Å². The maximum absolute atomic E-state index is 15.1. The van der Waals surface area contributed by atoms with Crippen LogP contribution in [0.15, 0.2) is 115 Å². The number of Topliss-reactive ketones (excluding diaryl/α,β-unsaturated/α-hetero) is 1. The summed E-state index contributed by atoms with van der Waals surface area (Å²) in [6.07, 6.45) is 0.365. The van der Waals surface area contributed by atoms with Crippen molar-refractivity contribution in [3.05, 3.63) is 107 Å². The van der Waals surface area contributed by atoms with Crippen LogP contribution in [0.25, 0.3) is 21.5 Å². The molecule has 0 bridgehead atoms. The van der Waals surface area contributed by atoms with E-state index < -0.39 is 146 Å². The predicted molar refractivity (Wildman–Crippen MR) is 375 cm³/mol. The summed E-state index contributed by atoms with van der Waals surface area (Å²) in [5, 5.41) is 14.8. The number of ketones is 1. The lowest BCUT2D eigenvalue weighted by atomic mass is 9.69. The fourth-order valence-corrected chi connectivity index (χ4v) is 15.3. The Labute approximate surface area is 608 Å². The minimum absolute atomic E-state index is 0.0195. The van der Waals surface area contributed by atoms with Crippen LogP contribution in [-0.4, -0.2) is 251 Å². The lowest BCUT2D eigenvalue weighted by Crippen LogP contribution is -2.34. The third-order valence-electron chi connectivity index (χ3n) is 17.3. The molecular weight excluding hydrogens is 1490 g/mol. The number of nitrogens with zero attached hydrogens (tertiary/aromatic N) is 2. The summed E-state index contributed by atoms with van der Waals surface area (Å²) in [7, 11) is -22.9. The van der Waals surface area contributed by atoms with Gasteiger partial charge < -0.3 is 67.5 Å². The molecule has 2 aliphatic heterocycles. The summed E-state index contributed by atoms with van der Waals surface area (Å²) in [5.41, 5.74) is -4.13. The van der Waals surface area contributed by atoms with Crippen LogP contribution in [0.5, 0.6) is 0 Å². The average molecular weight is 1580 g/mol. The Morgan fingerprint density at radius 1 is 0.600 bits per heavy atom. The zero-order valence-corrected chi connectivity index (χ0v) is 62.2. The summed E-state index contributed by atoms with van der Waals surface area (Å²) in [6, 6.07) is 8.10. The van der Waals surface area contributed by atoms with Gasteiger partial charge in [-0.15, -0.1) is 5.06 Å². The minimum atomic E-state index is -5.34. The molecule has 4 aromatic rings. The molecule has 2 atom stereocenters. The van der Waals surface area contributed by atoms with E-state index in [-0.39, 0.29) is 160 Å². The van der Waals surface area contributed by atoms with Crippen molar-refractivity contribution in [2.45, 2.75) is 89.2 Å². The molecule has 2 amide bonds. The molecule has 0 aromatic heterocycles. The lowest BCUT2D eigenvalue weighted by molar-refractivity contribution is -0.197. The van der Waals surface area contributed by atoms with Gasteiger partial charge in [0.15, 0.2) is 0 Å². The number of methoxy groups -OCH3 is 2. The number of imide groups is 1. The smallest absolute Gasteiger partial charge is 0.333 e. The predicted octanol–water partition coefficient (Wildman–Crippen LogP) is 5.06. The Balaban J connectivity index is 1.30. The van der Waals surface area contributed by atoms with Crippen LogP contribution >= 0.6 is 0 Å². The van der Waals surface area contributed by atoms with Gasteiger partial charge in [-0.1, -0.05) is 25.6 Å². The molecule has 1 saturated heterocycles.